The Morgan fingerprint density at radius 1 is 1.19 bits per heavy atom. The van der Waals surface area contributed by atoms with Crippen molar-refractivity contribution in [3.05, 3.63) is 46.2 Å². The zero-order valence-electron chi connectivity index (χ0n) is 8.95. The van der Waals surface area contributed by atoms with Crippen molar-refractivity contribution < 1.29 is 0 Å². The van der Waals surface area contributed by atoms with Gasteiger partial charge in [0.25, 0.3) is 0 Å². The van der Waals surface area contributed by atoms with E-state index in [1.165, 1.54) is 0 Å². The normalized spacial score (nSPS) is 10.7. The van der Waals surface area contributed by atoms with Crippen LogP contribution in [0.5, 0.6) is 0 Å². The standard InChI is InChI=1S/C12H12Cl2N2/c1-2-3-10-8-12(14)16(15-10)11-6-4-9(13)5-7-11/h4-8H,2-3H2,1H3. The van der Waals surface area contributed by atoms with Crippen molar-refractivity contribution in [2.75, 3.05) is 0 Å². The first-order chi connectivity index (χ1) is 7.70. The SMILES string of the molecule is CCCc1cc(Cl)n(-c2ccc(Cl)cc2)n1. The highest BCUT2D eigenvalue weighted by Crippen LogP contribution is 2.19. The molecule has 0 aliphatic heterocycles. The summed E-state index contributed by atoms with van der Waals surface area (Å²) in [5.41, 5.74) is 1.94. The molecule has 16 heavy (non-hydrogen) atoms. The number of hydrogen-bond donors (Lipinski definition) is 0. The monoisotopic (exact) mass is 254 g/mol. The molecule has 84 valence electrons. The van der Waals surface area contributed by atoms with Crippen LogP contribution < -0.4 is 0 Å². The maximum absolute atomic E-state index is 6.12. The second-order valence-corrected chi connectivity index (χ2v) is 4.42. The van der Waals surface area contributed by atoms with Gasteiger partial charge < -0.3 is 0 Å². The molecule has 1 aromatic heterocycles. The summed E-state index contributed by atoms with van der Waals surface area (Å²) < 4.78 is 1.73. The average Bonchev–Trinajstić information content (AvgIpc) is 2.61. The molecule has 0 aliphatic carbocycles. The molecule has 0 radical (unpaired) electrons. The molecule has 2 nitrogen and oxygen atoms in total. The van der Waals surface area contributed by atoms with Crippen LogP contribution in [0.2, 0.25) is 10.2 Å². The molecule has 0 unspecified atom stereocenters. The average molecular weight is 255 g/mol. The van der Waals surface area contributed by atoms with Gasteiger partial charge in [-0.1, -0.05) is 36.5 Å². The van der Waals surface area contributed by atoms with Crippen molar-refractivity contribution in [2.24, 2.45) is 0 Å². The van der Waals surface area contributed by atoms with Gasteiger partial charge in [-0.2, -0.15) is 5.10 Å². The Kier molecular flexibility index (Phi) is 3.52. The van der Waals surface area contributed by atoms with Crippen molar-refractivity contribution in [3.63, 3.8) is 0 Å². The molecular formula is C12H12Cl2N2. The Bertz CT molecular complexity index is 474. The number of nitrogens with zero attached hydrogens (tertiary/aromatic N) is 2. The lowest BCUT2D eigenvalue weighted by Gasteiger charge is -2.02. The molecule has 4 heteroatoms. The van der Waals surface area contributed by atoms with Gasteiger partial charge in [-0.25, -0.2) is 4.68 Å². The molecule has 0 atom stereocenters. The van der Waals surface area contributed by atoms with Gasteiger partial charge in [0.1, 0.15) is 5.15 Å². The van der Waals surface area contributed by atoms with Gasteiger partial charge in [0.15, 0.2) is 0 Å². The molecule has 0 spiro atoms. The van der Waals surface area contributed by atoms with Crippen LogP contribution >= 0.6 is 23.2 Å². The third-order valence-electron chi connectivity index (χ3n) is 2.29. The van der Waals surface area contributed by atoms with Gasteiger partial charge >= 0.3 is 0 Å². The number of aromatic nitrogens is 2. The van der Waals surface area contributed by atoms with Crippen LogP contribution in [0.25, 0.3) is 5.69 Å². The summed E-state index contributed by atoms with van der Waals surface area (Å²) in [5.74, 6) is 0. The van der Waals surface area contributed by atoms with Gasteiger partial charge in [-0.05, 0) is 36.8 Å². The summed E-state index contributed by atoms with van der Waals surface area (Å²) in [6.07, 6.45) is 2.01. The summed E-state index contributed by atoms with van der Waals surface area (Å²) in [6, 6.07) is 9.36. The third-order valence-corrected chi connectivity index (χ3v) is 2.82. The van der Waals surface area contributed by atoms with Gasteiger partial charge in [0.2, 0.25) is 0 Å². The Morgan fingerprint density at radius 2 is 1.88 bits per heavy atom. The predicted octanol–water partition coefficient (Wildman–Crippen LogP) is 4.13. The number of aryl methyl sites for hydroxylation is 1. The third kappa shape index (κ3) is 2.39. The van der Waals surface area contributed by atoms with Gasteiger partial charge in [0, 0.05) is 5.02 Å². The van der Waals surface area contributed by atoms with E-state index < -0.39 is 0 Å². The van der Waals surface area contributed by atoms with Gasteiger partial charge in [-0.3, -0.25) is 0 Å². The lowest BCUT2D eigenvalue weighted by molar-refractivity contribution is 0.807. The zero-order valence-corrected chi connectivity index (χ0v) is 10.5. The Morgan fingerprint density at radius 3 is 2.50 bits per heavy atom. The molecule has 1 aromatic carbocycles. The molecule has 0 saturated carbocycles. The fourth-order valence-electron chi connectivity index (χ4n) is 1.55. The summed E-state index contributed by atoms with van der Waals surface area (Å²) in [4.78, 5) is 0. The Balaban J connectivity index is 2.36. The summed E-state index contributed by atoms with van der Waals surface area (Å²) >= 11 is 12.0. The maximum Gasteiger partial charge on any atom is 0.133 e. The van der Waals surface area contributed by atoms with Crippen molar-refractivity contribution in [1.29, 1.82) is 0 Å². The lowest BCUT2D eigenvalue weighted by atomic mass is 10.3. The summed E-state index contributed by atoms with van der Waals surface area (Å²) in [6.45, 7) is 2.12. The molecule has 0 bridgehead atoms. The molecule has 1 heterocycles. The van der Waals surface area contributed by atoms with Crippen LogP contribution in [0.4, 0.5) is 0 Å². The van der Waals surface area contributed by atoms with E-state index in [1.54, 1.807) is 4.68 Å². The van der Waals surface area contributed by atoms with Crippen molar-refractivity contribution in [3.8, 4) is 5.69 Å². The number of benzene rings is 1. The van der Waals surface area contributed by atoms with Crippen LogP contribution in [0.3, 0.4) is 0 Å². The zero-order chi connectivity index (χ0) is 11.5. The largest absolute Gasteiger partial charge is 0.222 e. The molecule has 0 fully saturated rings. The van der Waals surface area contributed by atoms with Crippen molar-refractivity contribution in [2.45, 2.75) is 19.8 Å². The Labute approximate surface area is 105 Å². The highest BCUT2D eigenvalue weighted by Gasteiger charge is 2.06. The summed E-state index contributed by atoms with van der Waals surface area (Å²) in [7, 11) is 0. The molecule has 0 N–H and O–H groups in total. The van der Waals surface area contributed by atoms with E-state index >= 15 is 0 Å². The fourth-order valence-corrected chi connectivity index (χ4v) is 1.93. The minimum atomic E-state index is 0.630. The van der Waals surface area contributed by atoms with E-state index in [0.29, 0.717) is 10.2 Å². The van der Waals surface area contributed by atoms with Crippen molar-refractivity contribution >= 4 is 23.2 Å². The quantitative estimate of drug-likeness (QED) is 0.806. The minimum absolute atomic E-state index is 0.630. The first-order valence-electron chi connectivity index (χ1n) is 5.21. The van der Waals surface area contributed by atoms with E-state index in [-0.39, 0.29) is 0 Å². The van der Waals surface area contributed by atoms with Gasteiger partial charge in [0.05, 0.1) is 11.4 Å². The van der Waals surface area contributed by atoms with Crippen LogP contribution in [0, 0.1) is 0 Å². The smallest absolute Gasteiger partial charge is 0.133 e. The molecule has 2 rings (SSSR count). The van der Waals surface area contributed by atoms with Crippen LogP contribution in [-0.4, -0.2) is 9.78 Å². The molecule has 0 saturated heterocycles. The lowest BCUT2D eigenvalue weighted by Crippen LogP contribution is -1.97. The molecule has 0 aliphatic rings. The highest BCUT2D eigenvalue weighted by molar-refractivity contribution is 6.30. The minimum Gasteiger partial charge on any atom is -0.222 e. The van der Waals surface area contributed by atoms with E-state index in [1.807, 2.05) is 30.3 Å². The second kappa shape index (κ2) is 4.89. The first kappa shape index (κ1) is 11.5. The molecular weight excluding hydrogens is 243 g/mol. The number of hydrogen-bond acceptors (Lipinski definition) is 1. The van der Waals surface area contributed by atoms with Crippen LogP contribution in [-0.2, 0) is 6.42 Å². The summed E-state index contributed by atoms with van der Waals surface area (Å²) in [5, 5.41) is 5.78. The van der Waals surface area contributed by atoms with Crippen LogP contribution in [0.15, 0.2) is 30.3 Å². The predicted molar refractivity (Wildman–Crippen MR) is 67.6 cm³/mol. The van der Waals surface area contributed by atoms with Crippen LogP contribution in [0.1, 0.15) is 19.0 Å². The van der Waals surface area contributed by atoms with E-state index in [4.69, 9.17) is 23.2 Å². The molecule has 2 aromatic rings. The van der Waals surface area contributed by atoms with E-state index in [0.717, 1.165) is 24.2 Å². The first-order valence-corrected chi connectivity index (χ1v) is 5.96. The number of rotatable bonds is 3. The van der Waals surface area contributed by atoms with Crippen molar-refractivity contribution in [1.82, 2.24) is 9.78 Å². The topological polar surface area (TPSA) is 17.8 Å². The van der Waals surface area contributed by atoms with E-state index in [2.05, 4.69) is 12.0 Å². The Hall–Kier alpha value is -0.990. The highest BCUT2D eigenvalue weighted by atomic mass is 35.5. The number of halogens is 2. The van der Waals surface area contributed by atoms with Gasteiger partial charge in [-0.15, -0.1) is 0 Å². The maximum atomic E-state index is 6.12. The molecule has 0 amide bonds. The fraction of sp³-hybridized carbons (Fsp3) is 0.250. The van der Waals surface area contributed by atoms with E-state index in [9.17, 15) is 0 Å². The second-order valence-electron chi connectivity index (χ2n) is 3.60.